The summed E-state index contributed by atoms with van der Waals surface area (Å²) in [6.45, 7) is 7.04. The summed E-state index contributed by atoms with van der Waals surface area (Å²) >= 11 is 1.83. The quantitative estimate of drug-likeness (QED) is 0.0703. The third-order valence-electron chi connectivity index (χ3n) is 11.3. The number of amides is 3. The molecule has 3 aromatic rings. The molecule has 6 rings (SSSR count). The number of hydrogen-bond donors (Lipinski definition) is 1. The van der Waals surface area contributed by atoms with Crippen LogP contribution in [0.15, 0.2) is 54.6 Å². The summed E-state index contributed by atoms with van der Waals surface area (Å²) < 4.78 is 66.8. The first-order valence-electron chi connectivity index (χ1n) is 21.0. The number of hydrogen-bond acceptors (Lipinski definition) is 13. The summed E-state index contributed by atoms with van der Waals surface area (Å²) in [7, 11) is -5.47. The van der Waals surface area contributed by atoms with Gasteiger partial charge in [0.1, 0.15) is 12.1 Å². The number of halogens is 2. The number of ether oxygens (including phenoxy) is 2. The summed E-state index contributed by atoms with van der Waals surface area (Å²) in [4.78, 5) is 70.1. The van der Waals surface area contributed by atoms with Crippen LogP contribution in [0.3, 0.4) is 0 Å². The molecule has 3 aliphatic rings. The number of benzene rings is 2. The van der Waals surface area contributed by atoms with Crippen molar-refractivity contribution in [2.45, 2.75) is 109 Å². The Bertz CT molecular complexity index is 2270. The number of nitrogens with zero attached hydrogens (tertiary/aromatic N) is 3. The summed E-state index contributed by atoms with van der Waals surface area (Å²) in [6, 6.07) is 14.9. The molecule has 340 valence electrons. The first kappa shape index (κ1) is 48.1. The average Bonchev–Trinajstić information content (AvgIpc) is 3.99. The van der Waals surface area contributed by atoms with Crippen LogP contribution in [-0.2, 0) is 43.1 Å². The lowest BCUT2D eigenvalue weighted by Gasteiger charge is -2.36. The van der Waals surface area contributed by atoms with Gasteiger partial charge in [-0.2, -0.15) is 14.0 Å². The van der Waals surface area contributed by atoms with E-state index in [1.54, 1.807) is 44.4 Å². The van der Waals surface area contributed by atoms with E-state index in [0.717, 1.165) is 53.6 Å². The first-order chi connectivity index (χ1) is 29.8. The molecule has 3 aliphatic heterocycles. The Kier molecular flexibility index (Phi) is 15.4. The van der Waals surface area contributed by atoms with Crippen LogP contribution >= 0.6 is 30.7 Å². The molecule has 1 aromatic heterocycles. The molecule has 3 amide bonds. The Morgan fingerprint density at radius 1 is 1.00 bits per heavy atom. The third-order valence-corrected chi connectivity index (χ3v) is 15.6. The second-order valence-electron chi connectivity index (χ2n) is 17.2. The van der Waals surface area contributed by atoms with Crippen molar-refractivity contribution in [2.24, 2.45) is 11.3 Å². The maximum Gasteiger partial charge on any atom is 0.510 e. The topological polar surface area (TPSA) is 182 Å². The van der Waals surface area contributed by atoms with Crippen molar-refractivity contribution in [2.75, 3.05) is 32.2 Å². The van der Waals surface area contributed by atoms with E-state index in [-0.39, 0.29) is 57.4 Å². The lowest BCUT2D eigenvalue weighted by Crippen LogP contribution is -2.56. The highest BCUT2D eigenvalue weighted by atomic mass is 32.2. The van der Waals surface area contributed by atoms with E-state index in [0.29, 0.717) is 36.9 Å². The van der Waals surface area contributed by atoms with Gasteiger partial charge < -0.3 is 29.1 Å². The van der Waals surface area contributed by atoms with E-state index < -0.39 is 67.9 Å². The van der Waals surface area contributed by atoms with Crippen LogP contribution in [0.4, 0.5) is 13.6 Å². The Balaban J connectivity index is 1.16. The zero-order valence-corrected chi connectivity index (χ0v) is 38.4. The van der Waals surface area contributed by atoms with Gasteiger partial charge in [0.25, 0.3) is 5.91 Å². The number of carbonyl (C=O) groups excluding carboxylic acids is 5. The largest absolute Gasteiger partial charge is 0.510 e. The van der Waals surface area contributed by atoms with E-state index in [2.05, 4.69) is 11.4 Å². The molecule has 6 atom stereocenters. The SMILES string of the molecule is CC(C)OC(=O)OCOP(=O)(OCCSC(=O)C(C)(C)C)C(F)(F)c1ccc2sc(C(=O)NC3CCCC[C@H]4CC[C@@H](C(=O)N5C[C@@H](C#N)[C@H](c6ccccc6)C5)N4C3=O)cc2c1. The molecule has 0 aliphatic carbocycles. The van der Waals surface area contributed by atoms with E-state index in [9.17, 15) is 33.8 Å². The standard InChI is InChI=1S/C44H53F2N4O10PS2/c1-27(2)60-42(55)57-26-59-61(56,58-19-20-62-41(54)43(3,4)5)44(45,46)31-15-18-36-29(21-31)22-37(63-36)38(51)48-34-14-10-9-13-32-16-17-35(50(32)39(34)52)40(53)49-24-30(23-47)33(25-49)28-11-7-6-8-12-28/h6-8,11-12,15,18,21-22,27,30,32-35H,9-10,13-14,16-17,19-20,24-26H2,1-5H3,(H,48,51)/t30-,32+,33+,34?,35+,61?/m1/s1. The monoisotopic (exact) mass is 930 g/mol. The van der Waals surface area contributed by atoms with Gasteiger partial charge in [0.05, 0.1) is 29.6 Å². The minimum absolute atomic E-state index is 0.118. The predicted octanol–water partition coefficient (Wildman–Crippen LogP) is 8.80. The van der Waals surface area contributed by atoms with Crippen LogP contribution in [-0.4, -0.2) is 95.3 Å². The molecule has 2 aromatic carbocycles. The summed E-state index contributed by atoms with van der Waals surface area (Å²) in [6.07, 6.45) is 1.80. The first-order valence-corrected chi connectivity index (χ1v) is 24.4. The number of fused-ring (bicyclic) bond motifs is 2. The van der Waals surface area contributed by atoms with Gasteiger partial charge in [-0.25, -0.2) is 4.79 Å². The molecule has 0 radical (unpaired) electrons. The second-order valence-corrected chi connectivity index (χ2v) is 21.5. The number of alkyl halides is 2. The molecule has 0 bridgehead atoms. The van der Waals surface area contributed by atoms with Gasteiger partial charge in [-0.1, -0.05) is 81.8 Å². The lowest BCUT2D eigenvalue weighted by molar-refractivity contribution is -0.146. The van der Waals surface area contributed by atoms with Crippen molar-refractivity contribution in [3.63, 3.8) is 0 Å². The van der Waals surface area contributed by atoms with E-state index in [4.69, 9.17) is 18.5 Å². The molecule has 19 heteroatoms. The Labute approximate surface area is 373 Å². The number of likely N-dealkylation sites (tertiary alicyclic amines) is 1. The molecular formula is C44H53F2N4O10PS2. The molecule has 0 saturated carbocycles. The number of nitrogens with one attached hydrogen (secondary N) is 1. The highest BCUT2D eigenvalue weighted by Gasteiger charge is 2.56. The summed E-state index contributed by atoms with van der Waals surface area (Å²) in [5, 5.41) is 12.8. The molecule has 1 N–H and O–H groups in total. The van der Waals surface area contributed by atoms with E-state index in [1.807, 2.05) is 30.3 Å². The fraction of sp³-hybridized carbons (Fsp3) is 0.545. The number of nitriles is 1. The van der Waals surface area contributed by atoms with Gasteiger partial charge in [-0.05, 0) is 68.7 Å². The van der Waals surface area contributed by atoms with Crippen molar-refractivity contribution in [1.29, 1.82) is 5.26 Å². The van der Waals surface area contributed by atoms with Crippen molar-refractivity contribution < 1.29 is 55.8 Å². The van der Waals surface area contributed by atoms with E-state index in [1.165, 1.54) is 12.1 Å². The number of thioether (sulfide) groups is 1. The maximum absolute atomic E-state index is 16.3. The predicted molar refractivity (Wildman–Crippen MR) is 233 cm³/mol. The molecule has 63 heavy (non-hydrogen) atoms. The minimum Gasteiger partial charge on any atom is -0.432 e. The van der Waals surface area contributed by atoms with Crippen LogP contribution in [0.5, 0.6) is 0 Å². The second kappa shape index (κ2) is 20.2. The fourth-order valence-electron chi connectivity index (χ4n) is 8.08. The normalized spacial score (nSPS) is 22.8. The molecule has 14 nitrogen and oxygen atoms in total. The van der Waals surface area contributed by atoms with Crippen LogP contribution in [0.1, 0.15) is 99.9 Å². The van der Waals surface area contributed by atoms with Gasteiger partial charge in [-0.3, -0.25) is 28.3 Å². The smallest absolute Gasteiger partial charge is 0.432 e. The Hall–Kier alpha value is -4.40. The van der Waals surface area contributed by atoms with Crippen LogP contribution in [0, 0.1) is 22.7 Å². The van der Waals surface area contributed by atoms with Crippen LogP contribution < -0.4 is 5.32 Å². The zero-order chi connectivity index (χ0) is 45.7. The number of rotatable bonds is 14. The lowest BCUT2D eigenvalue weighted by atomic mass is 9.90. The van der Waals surface area contributed by atoms with Crippen molar-refractivity contribution in [3.8, 4) is 6.07 Å². The van der Waals surface area contributed by atoms with Crippen molar-refractivity contribution in [1.82, 2.24) is 15.1 Å². The molecule has 3 saturated heterocycles. The van der Waals surface area contributed by atoms with Gasteiger partial charge >= 0.3 is 19.4 Å². The molecular weight excluding hydrogens is 878 g/mol. The van der Waals surface area contributed by atoms with Crippen LogP contribution in [0.25, 0.3) is 10.1 Å². The fourth-order valence-corrected chi connectivity index (χ4v) is 11.3. The summed E-state index contributed by atoms with van der Waals surface area (Å²) in [5.74, 6) is -1.82. The molecule has 2 unspecified atom stereocenters. The van der Waals surface area contributed by atoms with Gasteiger partial charge in [0.2, 0.25) is 18.6 Å². The Morgan fingerprint density at radius 3 is 2.43 bits per heavy atom. The highest BCUT2D eigenvalue weighted by molar-refractivity contribution is 8.13. The van der Waals surface area contributed by atoms with Gasteiger partial charge in [0, 0.05) is 46.5 Å². The van der Waals surface area contributed by atoms with Crippen molar-refractivity contribution >= 4 is 69.8 Å². The van der Waals surface area contributed by atoms with E-state index >= 15 is 8.78 Å². The highest BCUT2D eigenvalue weighted by Crippen LogP contribution is 2.67. The average molecular weight is 931 g/mol. The van der Waals surface area contributed by atoms with Crippen molar-refractivity contribution in [3.05, 3.63) is 70.6 Å². The maximum atomic E-state index is 16.3. The van der Waals surface area contributed by atoms with Gasteiger partial charge in [0.15, 0.2) is 5.12 Å². The molecule has 0 spiro atoms. The Morgan fingerprint density at radius 2 is 1.73 bits per heavy atom. The summed E-state index contributed by atoms with van der Waals surface area (Å²) in [5.41, 5.74) is -4.81. The molecule has 4 heterocycles. The molecule has 3 fully saturated rings. The van der Waals surface area contributed by atoms with Gasteiger partial charge in [-0.15, -0.1) is 11.3 Å². The zero-order valence-electron chi connectivity index (χ0n) is 35.9. The number of carbonyl (C=O) groups is 5. The number of thiophene rings is 1. The van der Waals surface area contributed by atoms with Crippen LogP contribution in [0.2, 0.25) is 0 Å². The third kappa shape index (κ3) is 11.1. The minimum atomic E-state index is -5.47.